The van der Waals surface area contributed by atoms with Gasteiger partial charge in [0.1, 0.15) is 5.82 Å². The van der Waals surface area contributed by atoms with Crippen LogP contribution in [0.25, 0.3) is 6.08 Å². The van der Waals surface area contributed by atoms with Crippen molar-refractivity contribution in [3.63, 3.8) is 0 Å². The summed E-state index contributed by atoms with van der Waals surface area (Å²) in [7, 11) is 0. The second-order valence-electron chi connectivity index (χ2n) is 3.35. The van der Waals surface area contributed by atoms with E-state index in [1.54, 1.807) is 13.8 Å². The van der Waals surface area contributed by atoms with Gasteiger partial charge in [0.2, 0.25) is 0 Å². The number of hydrogen-bond acceptors (Lipinski definition) is 0. The van der Waals surface area contributed by atoms with Crippen LogP contribution in [0.5, 0.6) is 0 Å². The summed E-state index contributed by atoms with van der Waals surface area (Å²) in [5.41, 5.74) is 2.41. The standard InChI is InChI=1S/C12H14ClF/c1-9-7-11(5-3-4-6-13)8-10(2)12(9)14/h3,5,7-8H,4,6H2,1-2H3. The Balaban J connectivity index is 2.89. The summed E-state index contributed by atoms with van der Waals surface area (Å²) in [5.74, 6) is 0.509. The molecular formula is C12H14ClF. The summed E-state index contributed by atoms with van der Waals surface area (Å²) in [4.78, 5) is 0. The van der Waals surface area contributed by atoms with Crippen LogP contribution in [0.4, 0.5) is 4.39 Å². The molecule has 0 fully saturated rings. The molecule has 0 atom stereocenters. The van der Waals surface area contributed by atoms with Crippen molar-refractivity contribution in [1.82, 2.24) is 0 Å². The molecule has 0 bridgehead atoms. The van der Waals surface area contributed by atoms with Crippen molar-refractivity contribution in [3.05, 3.63) is 40.7 Å². The molecular weight excluding hydrogens is 199 g/mol. The predicted molar refractivity (Wildman–Crippen MR) is 60.2 cm³/mol. The van der Waals surface area contributed by atoms with Crippen LogP contribution >= 0.6 is 11.6 Å². The quantitative estimate of drug-likeness (QED) is 0.663. The van der Waals surface area contributed by atoms with Gasteiger partial charge in [-0.25, -0.2) is 4.39 Å². The van der Waals surface area contributed by atoms with Gasteiger partial charge in [0.05, 0.1) is 0 Å². The van der Waals surface area contributed by atoms with Crippen molar-refractivity contribution in [2.24, 2.45) is 0 Å². The molecule has 2 heteroatoms. The summed E-state index contributed by atoms with van der Waals surface area (Å²) in [6.07, 6.45) is 4.82. The summed E-state index contributed by atoms with van der Waals surface area (Å²) < 4.78 is 13.3. The molecule has 0 nitrogen and oxygen atoms in total. The van der Waals surface area contributed by atoms with E-state index in [1.165, 1.54) is 0 Å². The fraction of sp³-hybridized carbons (Fsp3) is 0.333. The molecule has 1 aromatic carbocycles. The van der Waals surface area contributed by atoms with Crippen LogP contribution in [0.3, 0.4) is 0 Å². The Bertz CT molecular complexity index is 319. The van der Waals surface area contributed by atoms with Gasteiger partial charge in [0.15, 0.2) is 0 Å². The topological polar surface area (TPSA) is 0 Å². The largest absolute Gasteiger partial charge is 0.206 e. The molecule has 0 unspecified atom stereocenters. The summed E-state index contributed by atoms with van der Waals surface area (Å²) >= 11 is 5.54. The molecule has 0 saturated heterocycles. The van der Waals surface area contributed by atoms with Gasteiger partial charge in [-0.1, -0.05) is 12.2 Å². The van der Waals surface area contributed by atoms with E-state index in [0.29, 0.717) is 17.0 Å². The number of halogens is 2. The molecule has 0 amide bonds. The van der Waals surface area contributed by atoms with E-state index in [-0.39, 0.29) is 5.82 Å². The number of rotatable bonds is 3. The van der Waals surface area contributed by atoms with Crippen LogP contribution in [0.1, 0.15) is 23.1 Å². The summed E-state index contributed by atoms with van der Waals surface area (Å²) in [6.45, 7) is 3.56. The summed E-state index contributed by atoms with van der Waals surface area (Å²) in [5, 5.41) is 0. The van der Waals surface area contributed by atoms with Crippen LogP contribution in [-0.2, 0) is 0 Å². The third-order valence-electron chi connectivity index (χ3n) is 2.04. The second kappa shape index (κ2) is 5.16. The third kappa shape index (κ3) is 2.85. The van der Waals surface area contributed by atoms with Crippen molar-refractivity contribution in [1.29, 1.82) is 0 Å². The zero-order valence-electron chi connectivity index (χ0n) is 8.48. The first-order valence-electron chi connectivity index (χ1n) is 4.64. The SMILES string of the molecule is Cc1cc(C=CCCCl)cc(C)c1F. The molecule has 0 radical (unpaired) electrons. The minimum Gasteiger partial charge on any atom is -0.206 e. The van der Waals surface area contributed by atoms with E-state index >= 15 is 0 Å². The summed E-state index contributed by atoms with van der Waals surface area (Å²) in [6, 6.07) is 3.68. The van der Waals surface area contributed by atoms with Gasteiger partial charge in [-0.2, -0.15) is 0 Å². The third-order valence-corrected chi connectivity index (χ3v) is 2.26. The van der Waals surface area contributed by atoms with Crippen molar-refractivity contribution in [2.45, 2.75) is 20.3 Å². The monoisotopic (exact) mass is 212 g/mol. The van der Waals surface area contributed by atoms with E-state index in [0.717, 1.165) is 12.0 Å². The first kappa shape index (κ1) is 11.3. The predicted octanol–water partition coefficient (Wildman–Crippen LogP) is 4.08. The molecule has 1 rings (SSSR count). The zero-order chi connectivity index (χ0) is 10.6. The average Bonchev–Trinajstić information content (AvgIpc) is 2.14. The lowest BCUT2D eigenvalue weighted by Gasteiger charge is -2.02. The molecule has 14 heavy (non-hydrogen) atoms. The Kier molecular flexibility index (Phi) is 4.15. The molecule has 0 aliphatic heterocycles. The molecule has 0 aliphatic carbocycles. The van der Waals surface area contributed by atoms with Crippen molar-refractivity contribution in [2.75, 3.05) is 5.88 Å². The minimum absolute atomic E-state index is 0.112. The van der Waals surface area contributed by atoms with Gasteiger partial charge in [-0.05, 0) is 49.1 Å². The van der Waals surface area contributed by atoms with Gasteiger partial charge in [-0.15, -0.1) is 11.6 Å². The number of hydrogen-bond donors (Lipinski definition) is 0. The Hall–Kier alpha value is -0.820. The molecule has 0 N–H and O–H groups in total. The van der Waals surface area contributed by atoms with Crippen LogP contribution in [-0.4, -0.2) is 5.88 Å². The molecule has 0 aliphatic rings. The number of benzene rings is 1. The Morgan fingerprint density at radius 1 is 1.29 bits per heavy atom. The Morgan fingerprint density at radius 3 is 2.36 bits per heavy atom. The molecule has 0 spiro atoms. The highest BCUT2D eigenvalue weighted by Crippen LogP contribution is 2.15. The fourth-order valence-corrected chi connectivity index (χ4v) is 1.48. The highest BCUT2D eigenvalue weighted by Gasteiger charge is 2.01. The van der Waals surface area contributed by atoms with E-state index in [4.69, 9.17) is 11.6 Å². The van der Waals surface area contributed by atoms with Crippen molar-refractivity contribution < 1.29 is 4.39 Å². The van der Waals surface area contributed by atoms with Crippen molar-refractivity contribution in [3.8, 4) is 0 Å². The first-order valence-corrected chi connectivity index (χ1v) is 5.18. The lowest BCUT2D eigenvalue weighted by atomic mass is 10.1. The zero-order valence-corrected chi connectivity index (χ0v) is 9.24. The van der Waals surface area contributed by atoms with Gasteiger partial charge < -0.3 is 0 Å². The Morgan fingerprint density at radius 2 is 1.86 bits per heavy atom. The highest BCUT2D eigenvalue weighted by atomic mass is 35.5. The van der Waals surface area contributed by atoms with Gasteiger partial charge in [0.25, 0.3) is 0 Å². The van der Waals surface area contributed by atoms with E-state index in [1.807, 2.05) is 24.3 Å². The Labute approximate surface area is 89.4 Å². The molecule has 1 aromatic rings. The van der Waals surface area contributed by atoms with Crippen LogP contribution < -0.4 is 0 Å². The van der Waals surface area contributed by atoms with Gasteiger partial charge >= 0.3 is 0 Å². The molecule has 0 heterocycles. The van der Waals surface area contributed by atoms with Crippen LogP contribution in [0.15, 0.2) is 18.2 Å². The van der Waals surface area contributed by atoms with Crippen molar-refractivity contribution >= 4 is 17.7 Å². The van der Waals surface area contributed by atoms with Gasteiger partial charge in [-0.3, -0.25) is 0 Å². The fourth-order valence-electron chi connectivity index (χ4n) is 1.36. The maximum Gasteiger partial charge on any atom is 0.129 e. The van der Waals surface area contributed by atoms with Crippen LogP contribution in [0.2, 0.25) is 0 Å². The maximum atomic E-state index is 13.3. The lowest BCUT2D eigenvalue weighted by Crippen LogP contribution is -1.88. The van der Waals surface area contributed by atoms with E-state index < -0.39 is 0 Å². The number of allylic oxidation sites excluding steroid dienone is 1. The highest BCUT2D eigenvalue weighted by molar-refractivity contribution is 6.17. The smallest absolute Gasteiger partial charge is 0.129 e. The van der Waals surface area contributed by atoms with E-state index in [9.17, 15) is 4.39 Å². The molecule has 0 saturated carbocycles. The maximum absolute atomic E-state index is 13.3. The lowest BCUT2D eigenvalue weighted by molar-refractivity contribution is 0.609. The number of aryl methyl sites for hydroxylation is 2. The average molecular weight is 213 g/mol. The second-order valence-corrected chi connectivity index (χ2v) is 3.73. The van der Waals surface area contributed by atoms with E-state index in [2.05, 4.69) is 0 Å². The number of alkyl halides is 1. The molecule has 0 aromatic heterocycles. The first-order chi connectivity index (χ1) is 6.65. The van der Waals surface area contributed by atoms with Crippen LogP contribution in [0, 0.1) is 19.7 Å². The van der Waals surface area contributed by atoms with Gasteiger partial charge in [0, 0.05) is 5.88 Å². The molecule has 76 valence electrons. The minimum atomic E-state index is -0.112. The normalized spacial score (nSPS) is 11.1.